The summed E-state index contributed by atoms with van der Waals surface area (Å²) in [4.78, 5) is 15.3. The summed E-state index contributed by atoms with van der Waals surface area (Å²) in [5, 5.41) is 1.50. The molecule has 4 rings (SSSR count). The van der Waals surface area contributed by atoms with E-state index in [0.717, 1.165) is 22.9 Å². The summed E-state index contributed by atoms with van der Waals surface area (Å²) >= 11 is 7.45. The monoisotopic (exact) mass is 322 g/mol. The number of rotatable bonds is 1. The molecule has 2 bridgehead atoms. The van der Waals surface area contributed by atoms with Crippen LogP contribution < -0.4 is 5.73 Å². The Morgan fingerprint density at radius 1 is 1.33 bits per heavy atom. The number of amides is 1. The maximum atomic E-state index is 12.8. The Hall–Kier alpha value is -1.30. The highest BCUT2D eigenvalue weighted by molar-refractivity contribution is 7.21. The number of benzene rings is 1. The Bertz CT molecular complexity index is 718. The van der Waals surface area contributed by atoms with E-state index < -0.39 is 0 Å². The van der Waals surface area contributed by atoms with Crippen LogP contribution in [0, 0.1) is 0 Å². The van der Waals surface area contributed by atoms with Crippen LogP contribution in [0.4, 0.5) is 5.69 Å². The van der Waals surface area contributed by atoms with Gasteiger partial charge < -0.3 is 15.4 Å². The lowest BCUT2D eigenvalue weighted by Crippen LogP contribution is -2.45. The van der Waals surface area contributed by atoms with Gasteiger partial charge in [0, 0.05) is 28.2 Å². The molecule has 0 spiro atoms. The number of anilines is 1. The molecule has 2 aliphatic heterocycles. The number of nitrogen functional groups attached to an aromatic ring is 1. The molecule has 2 saturated heterocycles. The van der Waals surface area contributed by atoms with Gasteiger partial charge in [-0.3, -0.25) is 4.79 Å². The van der Waals surface area contributed by atoms with Gasteiger partial charge in [0.05, 0.1) is 17.9 Å². The summed E-state index contributed by atoms with van der Waals surface area (Å²) in [6, 6.07) is 5.56. The van der Waals surface area contributed by atoms with Crippen LogP contribution in [0.2, 0.25) is 5.02 Å². The van der Waals surface area contributed by atoms with E-state index in [0.29, 0.717) is 28.7 Å². The molecule has 21 heavy (non-hydrogen) atoms. The molecule has 0 saturated carbocycles. The van der Waals surface area contributed by atoms with Gasteiger partial charge in [0.15, 0.2) is 0 Å². The van der Waals surface area contributed by atoms with Crippen LogP contribution in [0.25, 0.3) is 10.1 Å². The standard InChI is InChI=1S/C15H15ClN2O2S/c16-8-1-4-12-11(5-8)13(17)14(21-12)15(19)18-6-9-2-3-10(7-18)20-9/h1,4-5,9-10H,2-3,6-7,17H2. The smallest absolute Gasteiger partial charge is 0.266 e. The third-order valence-corrected chi connectivity index (χ3v) is 5.62. The highest BCUT2D eigenvalue weighted by atomic mass is 35.5. The molecule has 4 nitrogen and oxygen atoms in total. The second-order valence-electron chi connectivity index (χ2n) is 5.65. The zero-order valence-electron chi connectivity index (χ0n) is 11.3. The maximum absolute atomic E-state index is 12.8. The van der Waals surface area contributed by atoms with Gasteiger partial charge >= 0.3 is 0 Å². The minimum atomic E-state index is 0.0185. The summed E-state index contributed by atoms with van der Waals surface area (Å²) in [6.45, 7) is 1.34. The molecule has 2 fully saturated rings. The van der Waals surface area contributed by atoms with Crippen molar-refractivity contribution in [3.05, 3.63) is 28.1 Å². The molecule has 3 heterocycles. The van der Waals surface area contributed by atoms with Crippen molar-refractivity contribution >= 4 is 44.6 Å². The molecule has 110 valence electrons. The van der Waals surface area contributed by atoms with Crippen molar-refractivity contribution in [1.29, 1.82) is 0 Å². The predicted octanol–water partition coefficient (Wildman–Crippen LogP) is 3.14. The zero-order chi connectivity index (χ0) is 14.6. The predicted molar refractivity (Wildman–Crippen MR) is 85.0 cm³/mol. The van der Waals surface area contributed by atoms with Crippen molar-refractivity contribution in [2.24, 2.45) is 0 Å². The Balaban J connectivity index is 1.69. The van der Waals surface area contributed by atoms with Crippen LogP contribution >= 0.6 is 22.9 Å². The van der Waals surface area contributed by atoms with E-state index in [1.54, 1.807) is 0 Å². The largest absolute Gasteiger partial charge is 0.397 e. The third kappa shape index (κ3) is 2.20. The Morgan fingerprint density at radius 2 is 2.05 bits per heavy atom. The fraction of sp³-hybridized carbons (Fsp3) is 0.400. The molecule has 1 aromatic carbocycles. The highest BCUT2D eigenvalue weighted by Crippen LogP contribution is 2.37. The Morgan fingerprint density at radius 3 is 2.76 bits per heavy atom. The fourth-order valence-electron chi connectivity index (χ4n) is 3.17. The van der Waals surface area contributed by atoms with Gasteiger partial charge in [0.1, 0.15) is 4.88 Å². The van der Waals surface area contributed by atoms with E-state index in [1.807, 2.05) is 23.1 Å². The molecule has 2 aromatic rings. The van der Waals surface area contributed by atoms with E-state index >= 15 is 0 Å². The molecule has 2 unspecified atom stereocenters. The number of ether oxygens (including phenoxy) is 1. The molecule has 2 aliphatic rings. The summed E-state index contributed by atoms with van der Waals surface area (Å²) in [6.07, 6.45) is 2.48. The second kappa shape index (κ2) is 4.87. The van der Waals surface area contributed by atoms with Gasteiger partial charge in [-0.2, -0.15) is 0 Å². The van der Waals surface area contributed by atoms with Crippen molar-refractivity contribution in [1.82, 2.24) is 4.90 Å². The minimum Gasteiger partial charge on any atom is -0.397 e. The number of likely N-dealkylation sites (tertiary alicyclic amines) is 1. The second-order valence-corrected chi connectivity index (χ2v) is 7.14. The maximum Gasteiger partial charge on any atom is 0.266 e. The van der Waals surface area contributed by atoms with Crippen molar-refractivity contribution < 1.29 is 9.53 Å². The van der Waals surface area contributed by atoms with Crippen molar-refractivity contribution in [3.8, 4) is 0 Å². The molecule has 2 N–H and O–H groups in total. The van der Waals surface area contributed by atoms with Crippen LogP contribution in [0.15, 0.2) is 18.2 Å². The van der Waals surface area contributed by atoms with E-state index in [1.165, 1.54) is 11.3 Å². The van der Waals surface area contributed by atoms with Crippen LogP contribution in [-0.2, 0) is 4.74 Å². The van der Waals surface area contributed by atoms with Crippen molar-refractivity contribution in [3.63, 3.8) is 0 Å². The van der Waals surface area contributed by atoms with E-state index in [9.17, 15) is 4.79 Å². The molecule has 0 radical (unpaired) electrons. The SMILES string of the molecule is Nc1c(C(=O)N2CC3CCC(C2)O3)sc2ccc(Cl)cc12. The Kier molecular flexibility index (Phi) is 3.10. The third-order valence-electron chi connectivity index (χ3n) is 4.21. The van der Waals surface area contributed by atoms with E-state index in [4.69, 9.17) is 22.1 Å². The average molecular weight is 323 g/mol. The summed E-state index contributed by atoms with van der Waals surface area (Å²) in [7, 11) is 0. The lowest BCUT2D eigenvalue weighted by atomic mass is 10.2. The van der Waals surface area contributed by atoms with Gasteiger partial charge in [-0.25, -0.2) is 0 Å². The molecule has 2 atom stereocenters. The number of hydrogen-bond donors (Lipinski definition) is 1. The van der Waals surface area contributed by atoms with Crippen LogP contribution in [0.1, 0.15) is 22.5 Å². The normalized spacial score (nSPS) is 24.7. The number of thiophene rings is 1. The number of hydrogen-bond acceptors (Lipinski definition) is 4. The van der Waals surface area contributed by atoms with Gasteiger partial charge in [-0.15, -0.1) is 11.3 Å². The van der Waals surface area contributed by atoms with E-state index in [-0.39, 0.29) is 18.1 Å². The van der Waals surface area contributed by atoms with Gasteiger partial charge in [-0.05, 0) is 31.0 Å². The first kappa shape index (κ1) is 13.4. The minimum absolute atomic E-state index is 0.0185. The van der Waals surface area contributed by atoms with Crippen LogP contribution in [0.5, 0.6) is 0 Å². The number of carbonyl (C=O) groups excluding carboxylic acids is 1. The molecular weight excluding hydrogens is 308 g/mol. The van der Waals surface area contributed by atoms with Gasteiger partial charge in [0.2, 0.25) is 0 Å². The molecule has 6 heteroatoms. The van der Waals surface area contributed by atoms with Crippen LogP contribution in [0.3, 0.4) is 0 Å². The highest BCUT2D eigenvalue weighted by Gasteiger charge is 2.36. The quantitative estimate of drug-likeness (QED) is 0.877. The number of carbonyl (C=O) groups is 1. The van der Waals surface area contributed by atoms with E-state index in [2.05, 4.69) is 0 Å². The summed E-state index contributed by atoms with van der Waals surface area (Å²) < 4.78 is 6.78. The molecular formula is C15H15ClN2O2S. The Labute approximate surface area is 131 Å². The topological polar surface area (TPSA) is 55.6 Å². The number of halogens is 1. The van der Waals surface area contributed by atoms with Crippen molar-refractivity contribution in [2.75, 3.05) is 18.8 Å². The number of nitrogens with zero attached hydrogens (tertiary/aromatic N) is 1. The molecule has 0 aliphatic carbocycles. The number of fused-ring (bicyclic) bond motifs is 3. The zero-order valence-corrected chi connectivity index (χ0v) is 12.9. The summed E-state index contributed by atoms with van der Waals surface area (Å²) in [5.41, 5.74) is 6.72. The molecule has 1 amide bonds. The lowest BCUT2D eigenvalue weighted by molar-refractivity contribution is -0.0301. The first-order valence-electron chi connectivity index (χ1n) is 7.04. The van der Waals surface area contributed by atoms with Crippen LogP contribution in [-0.4, -0.2) is 36.1 Å². The average Bonchev–Trinajstić information content (AvgIpc) is 2.98. The first-order valence-corrected chi connectivity index (χ1v) is 8.23. The first-order chi connectivity index (χ1) is 10.1. The molecule has 1 aromatic heterocycles. The lowest BCUT2D eigenvalue weighted by Gasteiger charge is -2.31. The number of nitrogens with two attached hydrogens (primary N) is 1. The summed E-state index contributed by atoms with van der Waals surface area (Å²) in [5.74, 6) is 0.0185. The van der Waals surface area contributed by atoms with Gasteiger partial charge in [0.25, 0.3) is 5.91 Å². The fourth-order valence-corrected chi connectivity index (χ4v) is 4.42. The van der Waals surface area contributed by atoms with Crippen molar-refractivity contribution in [2.45, 2.75) is 25.0 Å². The number of morpholine rings is 1. The van der Waals surface area contributed by atoms with Gasteiger partial charge in [-0.1, -0.05) is 11.6 Å².